The molecule has 0 spiro atoms. The van der Waals surface area contributed by atoms with Gasteiger partial charge < -0.3 is 3.79 Å². The summed E-state index contributed by atoms with van der Waals surface area (Å²) < 4.78 is 5.93. The maximum Gasteiger partial charge on any atom is 0.460 e. The Kier molecular flexibility index (Phi) is 15.3. The third kappa shape index (κ3) is 13.0. The number of hydrogen-bond acceptors (Lipinski definition) is 1. The van der Waals surface area contributed by atoms with Crippen molar-refractivity contribution in [2.45, 2.75) is 120 Å². The zero-order valence-electron chi connectivity index (χ0n) is 15.4. The maximum atomic E-state index is 5.93. The molecule has 0 aromatic rings. The van der Waals surface area contributed by atoms with Crippen LogP contribution in [0.3, 0.4) is 0 Å². The first-order valence-corrected chi connectivity index (χ1v) is 12.7. The second-order valence-electron chi connectivity index (χ2n) is 7.37. The first-order chi connectivity index (χ1) is 10.9. The zero-order chi connectivity index (χ0) is 15.7. The lowest BCUT2D eigenvalue weighted by atomic mass is 10.0. The van der Waals surface area contributed by atoms with Crippen molar-refractivity contribution in [2.75, 3.05) is 6.61 Å². The van der Waals surface area contributed by atoms with Crippen molar-refractivity contribution < 1.29 is 3.79 Å². The van der Waals surface area contributed by atoms with Gasteiger partial charge >= 0.3 is 14.5 Å². The highest BCUT2D eigenvalue weighted by Crippen LogP contribution is 2.18. The van der Waals surface area contributed by atoms with E-state index in [0.717, 1.165) is 6.61 Å². The van der Waals surface area contributed by atoms with Gasteiger partial charge in [-0.25, -0.2) is 0 Å². The fourth-order valence-electron chi connectivity index (χ4n) is 3.60. The smallest absolute Gasteiger partial charge is 0.460 e. The molecule has 1 nitrogen and oxygen atoms in total. The average Bonchev–Trinajstić information content (AvgIpc) is 2.56. The van der Waals surface area contributed by atoms with Gasteiger partial charge in [-0.1, -0.05) is 114 Å². The monoisotopic (exact) mass is 324 g/mol. The summed E-state index contributed by atoms with van der Waals surface area (Å²) in [4.78, 5) is 0. The van der Waals surface area contributed by atoms with Crippen molar-refractivity contribution in [1.29, 1.82) is 0 Å². The van der Waals surface area contributed by atoms with Crippen LogP contribution in [-0.4, -0.2) is 21.1 Å². The second-order valence-corrected chi connectivity index (χ2v) is 10.1. The van der Waals surface area contributed by atoms with E-state index in [1.807, 2.05) is 0 Å². The summed E-state index contributed by atoms with van der Waals surface area (Å²) in [6, 6.07) is 0. The fourth-order valence-corrected chi connectivity index (χ4v) is 6.21. The Bertz CT molecular complexity index is 214. The Hall–Kier alpha value is 0.492. The van der Waals surface area contributed by atoms with Crippen LogP contribution in [0.1, 0.15) is 110 Å². The van der Waals surface area contributed by atoms with E-state index in [2.05, 4.69) is 6.92 Å². The lowest BCUT2D eigenvalue weighted by Crippen LogP contribution is -2.22. The molecule has 1 aliphatic heterocycles. The highest BCUT2D eigenvalue weighted by atomic mass is 27.2. The third-order valence-corrected chi connectivity index (χ3v) is 7.97. The van der Waals surface area contributed by atoms with Gasteiger partial charge in [-0.3, -0.25) is 0 Å². The van der Waals surface area contributed by atoms with Crippen LogP contribution in [0, 0.1) is 0 Å². The minimum absolute atomic E-state index is 0.715. The Labute approximate surface area is 145 Å². The van der Waals surface area contributed by atoms with Crippen LogP contribution >= 0.6 is 0 Å². The van der Waals surface area contributed by atoms with Crippen molar-refractivity contribution in [3.05, 3.63) is 0 Å². The van der Waals surface area contributed by atoms with Gasteiger partial charge in [0.1, 0.15) is 0 Å². The van der Waals surface area contributed by atoms with Gasteiger partial charge in [0.2, 0.25) is 0 Å². The molecule has 0 atom stereocenters. The first-order valence-electron chi connectivity index (χ1n) is 10.5. The lowest BCUT2D eigenvalue weighted by molar-refractivity contribution is 0.285. The molecular weight excluding hydrogens is 283 g/mol. The normalized spacial score (nSPS) is 15.4. The molecular formula is C20H41AlO. The summed E-state index contributed by atoms with van der Waals surface area (Å²) in [5.74, 6) is 0. The lowest BCUT2D eigenvalue weighted by Gasteiger charge is -2.17. The molecule has 1 rings (SSSR count). The highest BCUT2D eigenvalue weighted by Gasteiger charge is 2.22. The van der Waals surface area contributed by atoms with E-state index in [-0.39, 0.29) is 0 Å². The molecule has 0 unspecified atom stereocenters. The van der Waals surface area contributed by atoms with Crippen LogP contribution in [0.4, 0.5) is 0 Å². The summed E-state index contributed by atoms with van der Waals surface area (Å²) in [6.45, 7) is 3.38. The molecule has 0 radical (unpaired) electrons. The molecule has 1 fully saturated rings. The van der Waals surface area contributed by atoms with Gasteiger partial charge in [0.15, 0.2) is 0 Å². The van der Waals surface area contributed by atoms with Crippen molar-refractivity contribution in [3.63, 3.8) is 0 Å². The number of rotatable bonds is 15. The Morgan fingerprint density at radius 1 is 0.636 bits per heavy atom. The molecule has 0 aliphatic carbocycles. The van der Waals surface area contributed by atoms with Crippen LogP contribution in [0.25, 0.3) is 0 Å². The fraction of sp³-hybridized carbons (Fsp3) is 1.00. The van der Waals surface area contributed by atoms with E-state index < -0.39 is 14.5 Å². The van der Waals surface area contributed by atoms with Crippen molar-refractivity contribution in [3.8, 4) is 0 Å². The van der Waals surface area contributed by atoms with Crippen molar-refractivity contribution in [2.24, 2.45) is 0 Å². The predicted molar refractivity (Wildman–Crippen MR) is 101 cm³/mol. The van der Waals surface area contributed by atoms with Gasteiger partial charge in [-0.2, -0.15) is 0 Å². The van der Waals surface area contributed by atoms with Gasteiger partial charge in [0, 0.05) is 6.61 Å². The molecule has 1 aliphatic rings. The van der Waals surface area contributed by atoms with Crippen molar-refractivity contribution in [1.82, 2.24) is 0 Å². The van der Waals surface area contributed by atoms with Crippen LogP contribution in [0.2, 0.25) is 10.6 Å². The van der Waals surface area contributed by atoms with Crippen molar-refractivity contribution >= 4 is 14.5 Å². The summed E-state index contributed by atoms with van der Waals surface area (Å²) in [7, 11) is 0. The van der Waals surface area contributed by atoms with E-state index in [4.69, 9.17) is 3.79 Å². The molecule has 0 amide bonds. The van der Waals surface area contributed by atoms with Gasteiger partial charge in [0.05, 0.1) is 0 Å². The minimum Gasteiger partial charge on any atom is -0.501 e. The molecule has 0 saturated carbocycles. The molecule has 2 heteroatoms. The Morgan fingerprint density at radius 2 is 1.14 bits per heavy atom. The molecule has 22 heavy (non-hydrogen) atoms. The number of unbranched alkanes of at least 4 members (excludes halogenated alkanes) is 13. The van der Waals surface area contributed by atoms with E-state index >= 15 is 0 Å². The summed E-state index contributed by atoms with van der Waals surface area (Å²) >= 11 is -0.715. The van der Waals surface area contributed by atoms with Crippen LogP contribution in [-0.2, 0) is 3.79 Å². The maximum absolute atomic E-state index is 5.93. The summed E-state index contributed by atoms with van der Waals surface area (Å²) in [6.07, 6.45) is 23.3. The molecule has 130 valence electrons. The molecule has 0 aromatic carbocycles. The van der Waals surface area contributed by atoms with Crippen LogP contribution in [0.15, 0.2) is 0 Å². The van der Waals surface area contributed by atoms with Crippen LogP contribution < -0.4 is 0 Å². The van der Waals surface area contributed by atoms with Gasteiger partial charge in [-0.05, 0) is 6.42 Å². The highest BCUT2D eigenvalue weighted by molar-refractivity contribution is 6.51. The quantitative estimate of drug-likeness (QED) is 0.227. The molecule has 1 heterocycles. The molecule has 0 bridgehead atoms. The zero-order valence-corrected chi connectivity index (χ0v) is 16.6. The average molecular weight is 325 g/mol. The Balaban J connectivity index is 1.68. The van der Waals surface area contributed by atoms with E-state index in [0.29, 0.717) is 0 Å². The summed E-state index contributed by atoms with van der Waals surface area (Å²) in [5, 5.41) is 2.91. The minimum atomic E-state index is -0.715. The number of hydrogen-bond donors (Lipinski definition) is 0. The Morgan fingerprint density at radius 3 is 1.59 bits per heavy atom. The van der Waals surface area contributed by atoms with Gasteiger partial charge in [-0.15, -0.1) is 0 Å². The first kappa shape index (κ1) is 20.5. The SMILES string of the molecule is CCCCCCCCCCCCCCC[CH2][Al]1[CH2]CCC[O]1. The van der Waals surface area contributed by atoms with Gasteiger partial charge in [0.25, 0.3) is 0 Å². The predicted octanol–water partition coefficient (Wildman–Crippen LogP) is 7.27. The summed E-state index contributed by atoms with van der Waals surface area (Å²) in [5.41, 5.74) is 0. The van der Waals surface area contributed by atoms with Crippen LogP contribution in [0.5, 0.6) is 0 Å². The molecule has 0 N–H and O–H groups in total. The van der Waals surface area contributed by atoms with E-state index in [9.17, 15) is 0 Å². The third-order valence-electron chi connectivity index (χ3n) is 5.15. The molecule has 0 aromatic heterocycles. The molecule has 1 saturated heterocycles. The van der Waals surface area contributed by atoms with E-state index in [1.165, 1.54) is 113 Å². The van der Waals surface area contributed by atoms with E-state index in [1.54, 1.807) is 0 Å². The topological polar surface area (TPSA) is 9.23 Å². The standard InChI is InChI=1S/C16H33.C4H8O.Al/c1-3-5-7-9-11-13-15-16-14-12-10-8-6-4-2;1-2-3-4-5;/h1,3-16H2,2H3;1-4H2;/q;-1;+1. The largest absolute Gasteiger partial charge is 0.501 e. The second kappa shape index (κ2) is 16.4.